The molecule has 1 fully saturated rings. The summed E-state index contributed by atoms with van der Waals surface area (Å²) in [5.41, 5.74) is 4.96. The maximum Gasteiger partial charge on any atom is 0.242 e. The molecule has 0 spiro atoms. The molecule has 1 amide bonds. The molecule has 6 nitrogen and oxygen atoms in total. The Morgan fingerprint density at radius 3 is 2.38 bits per heavy atom. The highest BCUT2D eigenvalue weighted by atomic mass is 16.3. The van der Waals surface area contributed by atoms with Crippen molar-refractivity contribution in [1.29, 1.82) is 0 Å². The number of hydrogen-bond donors (Lipinski definition) is 3. The van der Waals surface area contributed by atoms with Crippen molar-refractivity contribution >= 4 is 17.4 Å². The number of rotatable bonds is 4. The zero-order valence-corrected chi connectivity index (χ0v) is 17.5. The van der Waals surface area contributed by atoms with Gasteiger partial charge >= 0.3 is 0 Å². The molecule has 0 radical (unpaired) electrons. The van der Waals surface area contributed by atoms with E-state index in [0.29, 0.717) is 19.4 Å². The molecular formula is C26H24N3O3+. The van der Waals surface area contributed by atoms with Crippen LogP contribution in [0.5, 0.6) is 5.75 Å². The Hall–Kier alpha value is -3.77. The van der Waals surface area contributed by atoms with Gasteiger partial charge in [0.2, 0.25) is 11.6 Å². The summed E-state index contributed by atoms with van der Waals surface area (Å²) < 4.78 is 0. The van der Waals surface area contributed by atoms with Gasteiger partial charge in [0.15, 0.2) is 17.7 Å². The Labute approximate surface area is 186 Å². The summed E-state index contributed by atoms with van der Waals surface area (Å²) >= 11 is 0. The number of ketones is 1. The first-order valence-corrected chi connectivity index (χ1v) is 10.7. The van der Waals surface area contributed by atoms with E-state index >= 15 is 0 Å². The average Bonchev–Trinajstić information content (AvgIpc) is 3.12. The van der Waals surface area contributed by atoms with Crippen LogP contribution in [0.3, 0.4) is 0 Å². The van der Waals surface area contributed by atoms with Crippen LogP contribution in [0.4, 0.5) is 0 Å². The molecule has 6 heteroatoms. The molecule has 3 aliphatic rings. The third-order valence-corrected chi connectivity index (χ3v) is 6.04. The maximum atomic E-state index is 13.3. The Balaban J connectivity index is 1.46. The standard InChI is InChI=1S/C26H23N3O3/c30-20-10-6-18(7-11-20)15-23-26(32)29-16-24(19-8-12-21(31)13-9-19)27-22(25(29)28-23)14-17-4-2-1-3-5-17/h1-13,23,25,28,30H,14-16H2/p+1. The Morgan fingerprint density at radius 2 is 1.66 bits per heavy atom. The van der Waals surface area contributed by atoms with Crippen LogP contribution in [-0.2, 0) is 22.4 Å². The number of benzene rings is 2. The van der Waals surface area contributed by atoms with E-state index in [2.05, 4.69) is 22.4 Å². The molecule has 0 aromatic heterocycles. The molecule has 2 unspecified atom stereocenters. The molecule has 2 heterocycles. The van der Waals surface area contributed by atoms with E-state index in [-0.39, 0.29) is 29.6 Å². The summed E-state index contributed by atoms with van der Waals surface area (Å²) in [7, 11) is 0. The van der Waals surface area contributed by atoms with Gasteiger partial charge in [-0.1, -0.05) is 42.5 Å². The van der Waals surface area contributed by atoms with Crippen molar-refractivity contribution in [2.75, 3.05) is 6.54 Å². The Morgan fingerprint density at radius 1 is 0.938 bits per heavy atom. The maximum absolute atomic E-state index is 13.3. The molecule has 160 valence electrons. The van der Waals surface area contributed by atoms with Gasteiger partial charge in [-0.05, 0) is 54.0 Å². The molecule has 2 aromatic rings. The predicted molar refractivity (Wildman–Crippen MR) is 121 cm³/mol. The smallest absolute Gasteiger partial charge is 0.242 e. The number of phenols is 1. The fourth-order valence-corrected chi connectivity index (χ4v) is 4.40. The third-order valence-electron chi connectivity index (χ3n) is 6.04. The Bertz CT molecular complexity index is 1160. The molecule has 5 rings (SSSR count). The number of fused-ring (bicyclic) bond motifs is 1. The van der Waals surface area contributed by atoms with Crippen LogP contribution in [-0.4, -0.2) is 46.2 Å². The van der Waals surface area contributed by atoms with Gasteiger partial charge in [-0.3, -0.25) is 14.9 Å². The van der Waals surface area contributed by atoms with Crippen molar-refractivity contribution in [2.45, 2.75) is 25.0 Å². The monoisotopic (exact) mass is 426 g/mol. The number of carbonyl (C=O) groups excluding carboxylic acids is 2. The van der Waals surface area contributed by atoms with Crippen molar-refractivity contribution in [1.82, 2.24) is 10.2 Å². The Kier molecular flexibility index (Phi) is 5.29. The first-order chi connectivity index (χ1) is 15.6. The fraction of sp³-hybridized carbons (Fsp3) is 0.192. The largest absolute Gasteiger partial charge is 0.508 e. The molecule has 0 saturated carbocycles. The number of phenolic OH excluding ortho intramolecular Hbond substituents is 1. The molecular weight excluding hydrogens is 402 g/mol. The fourth-order valence-electron chi connectivity index (χ4n) is 4.40. The molecule has 3 N–H and O–H groups in total. The molecule has 2 aromatic carbocycles. The van der Waals surface area contributed by atoms with E-state index in [9.17, 15) is 14.7 Å². The van der Waals surface area contributed by atoms with Crippen LogP contribution >= 0.6 is 0 Å². The molecule has 2 aliphatic heterocycles. The van der Waals surface area contributed by atoms with Gasteiger partial charge in [0.05, 0.1) is 12.5 Å². The first-order valence-electron chi connectivity index (χ1n) is 10.7. The van der Waals surface area contributed by atoms with Gasteiger partial charge in [-0.2, -0.15) is 0 Å². The highest BCUT2D eigenvalue weighted by molar-refractivity contribution is 6.01. The highest BCUT2D eigenvalue weighted by Gasteiger charge is 2.47. The number of allylic oxidation sites excluding steroid dienone is 5. The summed E-state index contributed by atoms with van der Waals surface area (Å²) in [6.07, 6.45) is 7.70. The second-order valence-electron chi connectivity index (χ2n) is 8.27. The van der Waals surface area contributed by atoms with E-state index in [0.717, 1.165) is 28.1 Å². The van der Waals surface area contributed by atoms with Gasteiger partial charge in [0.1, 0.15) is 12.3 Å². The van der Waals surface area contributed by atoms with E-state index in [1.54, 1.807) is 36.4 Å². The van der Waals surface area contributed by atoms with Crippen LogP contribution in [0.15, 0.2) is 90.2 Å². The van der Waals surface area contributed by atoms with Gasteiger partial charge < -0.3 is 10.0 Å². The quantitative estimate of drug-likeness (QED) is 0.675. The second-order valence-corrected chi connectivity index (χ2v) is 8.27. The predicted octanol–water partition coefficient (Wildman–Crippen LogP) is 0.788. The molecule has 32 heavy (non-hydrogen) atoms. The second kappa shape index (κ2) is 8.40. The average molecular weight is 426 g/mol. The molecule has 0 bridgehead atoms. The van der Waals surface area contributed by atoms with E-state index in [1.807, 2.05) is 35.2 Å². The summed E-state index contributed by atoms with van der Waals surface area (Å²) in [4.78, 5) is 30.3. The van der Waals surface area contributed by atoms with Crippen LogP contribution < -0.4 is 10.3 Å². The highest BCUT2D eigenvalue weighted by Crippen LogP contribution is 2.22. The van der Waals surface area contributed by atoms with E-state index < -0.39 is 0 Å². The summed E-state index contributed by atoms with van der Waals surface area (Å²) in [5, 5.41) is 13.1. The zero-order chi connectivity index (χ0) is 22.1. The van der Waals surface area contributed by atoms with Crippen molar-refractivity contribution in [3.8, 4) is 5.75 Å². The zero-order valence-electron chi connectivity index (χ0n) is 17.5. The van der Waals surface area contributed by atoms with Gasteiger partial charge in [0.25, 0.3) is 0 Å². The van der Waals surface area contributed by atoms with Crippen LogP contribution in [0.2, 0.25) is 0 Å². The lowest BCUT2D eigenvalue weighted by molar-refractivity contribution is -0.412. The number of carbonyl (C=O) groups is 2. The van der Waals surface area contributed by atoms with E-state index in [4.69, 9.17) is 0 Å². The lowest BCUT2D eigenvalue weighted by Gasteiger charge is -2.26. The van der Waals surface area contributed by atoms with Crippen molar-refractivity contribution < 1.29 is 19.7 Å². The van der Waals surface area contributed by atoms with Crippen LogP contribution in [0, 0.1) is 0 Å². The van der Waals surface area contributed by atoms with E-state index in [1.165, 1.54) is 0 Å². The normalized spacial score (nSPS) is 22.4. The van der Waals surface area contributed by atoms with Crippen LogP contribution in [0.25, 0.3) is 0 Å². The number of nitrogens with zero attached hydrogens (tertiary/aromatic N) is 1. The summed E-state index contributed by atoms with van der Waals surface area (Å²) in [6.45, 7) is 0.444. The number of hydrogen-bond acceptors (Lipinski definition) is 4. The topological polar surface area (TPSA) is 83.6 Å². The number of nitrogens with one attached hydrogen (secondary N) is 2. The lowest BCUT2D eigenvalue weighted by atomic mass is 10.0. The van der Waals surface area contributed by atoms with Crippen molar-refractivity contribution in [3.63, 3.8) is 0 Å². The minimum atomic E-state index is -0.347. The van der Waals surface area contributed by atoms with Crippen molar-refractivity contribution in [2.24, 2.45) is 0 Å². The molecule has 2 atom stereocenters. The molecule has 1 saturated heterocycles. The van der Waals surface area contributed by atoms with Gasteiger partial charge in [-0.15, -0.1) is 0 Å². The van der Waals surface area contributed by atoms with Gasteiger partial charge in [-0.25, -0.2) is 4.99 Å². The first kappa shape index (κ1) is 20.2. The minimum absolute atomic E-state index is 0.0376. The van der Waals surface area contributed by atoms with Crippen LogP contribution in [0.1, 0.15) is 11.1 Å². The summed E-state index contributed by atoms with van der Waals surface area (Å²) in [5.74, 6) is 0.223. The summed E-state index contributed by atoms with van der Waals surface area (Å²) in [6, 6.07) is 16.8. The molecule has 1 aliphatic carbocycles. The lowest BCUT2D eigenvalue weighted by Crippen LogP contribution is -2.81. The van der Waals surface area contributed by atoms with Gasteiger partial charge in [0, 0.05) is 5.57 Å². The number of amides is 1. The van der Waals surface area contributed by atoms with Crippen molar-refractivity contribution in [3.05, 3.63) is 101 Å². The number of aromatic hydroxyl groups is 1. The SMILES string of the molecule is O=C1C=CC(=C2CN3C(=O)C(Cc4ccc(O)cc4)NC3C(Cc3ccccc3)=[NH+]2)C=C1. The minimum Gasteiger partial charge on any atom is -0.508 e. The third kappa shape index (κ3) is 4.05.